The monoisotopic (exact) mass is 405 g/mol. The molecule has 6 nitrogen and oxygen atoms in total. The van der Waals surface area contributed by atoms with Crippen LogP contribution in [-0.2, 0) is 4.79 Å². The number of amides is 3. The summed E-state index contributed by atoms with van der Waals surface area (Å²) in [5.74, 6) is 0.0542. The van der Waals surface area contributed by atoms with Crippen LogP contribution < -0.4 is 20.7 Å². The van der Waals surface area contributed by atoms with E-state index in [-0.39, 0.29) is 0 Å². The molecular weight excluding hydrogens is 389 g/mol. The summed E-state index contributed by atoms with van der Waals surface area (Å²) in [5, 5.41) is 9.07. The maximum Gasteiger partial charge on any atom is 0.319 e. The highest BCUT2D eigenvalue weighted by Crippen LogP contribution is 2.33. The van der Waals surface area contributed by atoms with E-state index in [0.29, 0.717) is 38.3 Å². The lowest BCUT2D eigenvalue weighted by Crippen LogP contribution is -2.46. The number of benzene rings is 2. The summed E-state index contributed by atoms with van der Waals surface area (Å²) in [5.41, 5.74) is 1.81. The number of carbonyl (C=O) groups is 2. The Morgan fingerprint density at radius 3 is 2.63 bits per heavy atom. The van der Waals surface area contributed by atoms with E-state index in [1.54, 1.807) is 49.4 Å². The van der Waals surface area contributed by atoms with Crippen LogP contribution in [0, 0.1) is 0 Å². The van der Waals surface area contributed by atoms with Crippen molar-refractivity contribution in [3.05, 3.63) is 69.3 Å². The van der Waals surface area contributed by atoms with Gasteiger partial charge in [-0.15, -0.1) is 0 Å². The van der Waals surface area contributed by atoms with Crippen LogP contribution in [0.3, 0.4) is 0 Å². The lowest BCUT2D eigenvalue weighted by atomic mass is 9.94. The topological polar surface area (TPSA) is 79.5 Å². The fourth-order valence-electron chi connectivity index (χ4n) is 2.90. The molecule has 0 spiro atoms. The zero-order valence-electron chi connectivity index (χ0n) is 14.6. The van der Waals surface area contributed by atoms with Gasteiger partial charge in [-0.1, -0.05) is 41.4 Å². The molecular formula is C19H17Cl2N3O3. The fraction of sp³-hybridized carbons (Fsp3) is 0.158. The number of ether oxygens (including phenoxy) is 1. The van der Waals surface area contributed by atoms with Gasteiger partial charge in [0.05, 0.1) is 24.4 Å². The summed E-state index contributed by atoms with van der Waals surface area (Å²) in [6.45, 7) is 1.66. The minimum Gasteiger partial charge on any atom is -0.495 e. The SMILES string of the molecule is COc1ccc(Cl)cc1NC(=O)C1=C(C)NC(=O)N[C@H]1c1ccccc1Cl. The van der Waals surface area contributed by atoms with E-state index >= 15 is 0 Å². The van der Waals surface area contributed by atoms with E-state index in [1.807, 2.05) is 0 Å². The smallest absolute Gasteiger partial charge is 0.319 e. The number of methoxy groups -OCH3 is 1. The Hall–Kier alpha value is -2.70. The Morgan fingerprint density at radius 1 is 1.19 bits per heavy atom. The number of rotatable bonds is 4. The van der Waals surface area contributed by atoms with Gasteiger partial charge in [-0.05, 0) is 36.8 Å². The molecule has 0 aliphatic carbocycles. The third kappa shape index (κ3) is 4.02. The Labute approximate surface area is 166 Å². The maximum atomic E-state index is 13.1. The zero-order valence-corrected chi connectivity index (χ0v) is 16.1. The molecule has 1 heterocycles. The second kappa shape index (κ2) is 7.90. The van der Waals surface area contributed by atoms with Crippen molar-refractivity contribution in [2.45, 2.75) is 13.0 Å². The first kappa shape index (κ1) is 19.1. The molecule has 2 aromatic carbocycles. The standard InChI is InChI=1S/C19H17Cl2N3O3/c1-10-16(18(25)23-14-9-11(20)7-8-15(14)27-2)17(24-19(26)22-10)12-5-3-4-6-13(12)21/h3-9,17H,1-2H3,(H,23,25)(H2,22,24,26)/t17-/m0/s1. The average Bonchev–Trinajstić information content (AvgIpc) is 2.61. The van der Waals surface area contributed by atoms with Crippen LogP contribution in [-0.4, -0.2) is 19.0 Å². The molecule has 1 aliphatic rings. The van der Waals surface area contributed by atoms with Crippen LogP contribution in [0.5, 0.6) is 5.75 Å². The molecule has 8 heteroatoms. The molecule has 1 aliphatic heterocycles. The summed E-state index contributed by atoms with van der Waals surface area (Å²) < 4.78 is 5.27. The van der Waals surface area contributed by atoms with Gasteiger partial charge in [-0.2, -0.15) is 0 Å². The van der Waals surface area contributed by atoms with Crippen LogP contribution in [0.4, 0.5) is 10.5 Å². The number of hydrogen-bond donors (Lipinski definition) is 3. The lowest BCUT2D eigenvalue weighted by Gasteiger charge is -2.29. The molecule has 0 saturated carbocycles. The molecule has 0 fully saturated rings. The molecule has 2 aromatic rings. The molecule has 0 unspecified atom stereocenters. The molecule has 3 rings (SSSR count). The number of nitrogens with one attached hydrogen (secondary N) is 3. The van der Waals surface area contributed by atoms with E-state index < -0.39 is 18.0 Å². The summed E-state index contributed by atoms with van der Waals surface area (Å²) in [6.07, 6.45) is 0. The number of hydrogen-bond acceptors (Lipinski definition) is 3. The molecule has 0 aromatic heterocycles. The molecule has 0 bridgehead atoms. The third-order valence-corrected chi connectivity index (χ3v) is 4.72. The summed E-state index contributed by atoms with van der Waals surface area (Å²) >= 11 is 12.3. The van der Waals surface area contributed by atoms with Crippen molar-refractivity contribution in [1.82, 2.24) is 10.6 Å². The Kier molecular flexibility index (Phi) is 5.58. The number of halogens is 2. The van der Waals surface area contributed by atoms with Gasteiger partial charge in [-0.25, -0.2) is 4.79 Å². The second-order valence-corrected chi connectivity index (χ2v) is 6.73. The van der Waals surface area contributed by atoms with Crippen LogP contribution in [0.1, 0.15) is 18.5 Å². The minimum absolute atomic E-state index is 0.338. The van der Waals surface area contributed by atoms with Crippen LogP contribution >= 0.6 is 23.2 Å². The molecule has 3 N–H and O–H groups in total. The predicted octanol–water partition coefficient (Wildman–Crippen LogP) is 4.27. The largest absolute Gasteiger partial charge is 0.495 e. The minimum atomic E-state index is -0.697. The van der Waals surface area contributed by atoms with Crippen molar-refractivity contribution in [3.63, 3.8) is 0 Å². The van der Waals surface area contributed by atoms with Gasteiger partial charge >= 0.3 is 6.03 Å². The normalized spacial score (nSPS) is 16.4. The van der Waals surface area contributed by atoms with Gasteiger partial charge < -0.3 is 20.7 Å². The number of allylic oxidation sites excluding steroid dienone is 1. The van der Waals surface area contributed by atoms with Gasteiger partial charge in [0.2, 0.25) is 0 Å². The number of anilines is 1. The summed E-state index contributed by atoms with van der Waals surface area (Å²) in [7, 11) is 1.50. The molecule has 1 atom stereocenters. The van der Waals surface area contributed by atoms with E-state index in [0.717, 1.165) is 0 Å². The van der Waals surface area contributed by atoms with Gasteiger partial charge in [0.1, 0.15) is 5.75 Å². The van der Waals surface area contributed by atoms with Gasteiger partial charge in [0, 0.05) is 15.7 Å². The molecule has 0 radical (unpaired) electrons. The first-order valence-electron chi connectivity index (χ1n) is 8.08. The van der Waals surface area contributed by atoms with Gasteiger partial charge in [0.15, 0.2) is 0 Å². The maximum absolute atomic E-state index is 13.1. The molecule has 3 amide bonds. The summed E-state index contributed by atoms with van der Waals surface area (Å²) in [6, 6.07) is 10.8. The van der Waals surface area contributed by atoms with Crippen molar-refractivity contribution in [2.75, 3.05) is 12.4 Å². The number of urea groups is 1. The van der Waals surface area contributed by atoms with E-state index in [2.05, 4.69) is 16.0 Å². The predicted molar refractivity (Wildman–Crippen MR) is 105 cm³/mol. The highest BCUT2D eigenvalue weighted by molar-refractivity contribution is 6.31. The van der Waals surface area contributed by atoms with Crippen molar-refractivity contribution in [1.29, 1.82) is 0 Å². The quantitative estimate of drug-likeness (QED) is 0.710. The zero-order chi connectivity index (χ0) is 19.6. The highest BCUT2D eigenvalue weighted by Gasteiger charge is 2.32. The third-order valence-electron chi connectivity index (χ3n) is 4.14. The van der Waals surface area contributed by atoms with Gasteiger partial charge in [0.25, 0.3) is 5.91 Å². The average molecular weight is 406 g/mol. The Morgan fingerprint density at radius 2 is 1.93 bits per heavy atom. The molecule has 27 heavy (non-hydrogen) atoms. The van der Waals surface area contributed by atoms with Crippen molar-refractivity contribution >= 4 is 40.8 Å². The summed E-state index contributed by atoms with van der Waals surface area (Å²) in [4.78, 5) is 25.0. The van der Waals surface area contributed by atoms with E-state index in [1.165, 1.54) is 7.11 Å². The van der Waals surface area contributed by atoms with Gasteiger partial charge in [-0.3, -0.25) is 4.79 Å². The second-order valence-electron chi connectivity index (χ2n) is 5.89. The molecule has 140 valence electrons. The Bertz CT molecular complexity index is 944. The lowest BCUT2D eigenvalue weighted by molar-refractivity contribution is -0.113. The number of carbonyl (C=O) groups excluding carboxylic acids is 2. The van der Waals surface area contributed by atoms with Crippen LogP contribution in [0.2, 0.25) is 10.0 Å². The van der Waals surface area contributed by atoms with Crippen LogP contribution in [0.15, 0.2) is 53.7 Å². The highest BCUT2D eigenvalue weighted by atomic mass is 35.5. The van der Waals surface area contributed by atoms with Crippen LogP contribution in [0.25, 0.3) is 0 Å². The van der Waals surface area contributed by atoms with Crippen molar-refractivity contribution in [3.8, 4) is 5.75 Å². The van der Waals surface area contributed by atoms with E-state index in [9.17, 15) is 9.59 Å². The Balaban J connectivity index is 2.00. The first-order chi connectivity index (χ1) is 12.9. The van der Waals surface area contributed by atoms with Crippen molar-refractivity contribution in [2.24, 2.45) is 0 Å². The van der Waals surface area contributed by atoms with Crippen molar-refractivity contribution < 1.29 is 14.3 Å². The fourth-order valence-corrected chi connectivity index (χ4v) is 3.32. The van der Waals surface area contributed by atoms with E-state index in [4.69, 9.17) is 27.9 Å². The first-order valence-corrected chi connectivity index (χ1v) is 8.84. The molecule has 0 saturated heterocycles.